The lowest BCUT2D eigenvalue weighted by molar-refractivity contribution is -0.129. The third-order valence-electron chi connectivity index (χ3n) is 5.58. The van der Waals surface area contributed by atoms with Crippen LogP contribution in [-0.2, 0) is 16.0 Å². The maximum atomic E-state index is 12.8. The number of hydrogen-bond donors (Lipinski definition) is 1. The molecule has 7 heteroatoms. The topological polar surface area (TPSA) is 71.5 Å². The number of benzene rings is 2. The molecule has 1 aromatic heterocycles. The smallest absolute Gasteiger partial charge is 0.228 e. The molecular formula is C24H21N3O3S. The molecule has 31 heavy (non-hydrogen) atoms. The molecule has 1 unspecified atom stereocenters. The summed E-state index contributed by atoms with van der Waals surface area (Å²) in [5.74, 6) is 0.662. The van der Waals surface area contributed by atoms with E-state index >= 15 is 0 Å². The second-order valence-corrected chi connectivity index (χ2v) is 8.46. The van der Waals surface area contributed by atoms with Crippen molar-refractivity contribution in [1.82, 2.24) is 9.88 Å². The van der Waals surface area contributed by atoms with E-state index < -0.39 is 0 Å². The number of thiazole rings is 1. The summed E-state index contributed by atoms with van der Waals surface area (Å²) in [5, 5.41) is 5.39. The molecule has 0 aliphatic carbocycles. The molecule has 0 spiro atoms. The third kappa shape index (κ3) is 3.84. The highest BCUT2D eigenvalue weighted by Crippen LogP contribution is 2.34. The minimum atomic E-state index is -0.338. The van der Waals surface area contributed by atoms with E-state index in [0.717, 1.165) is 34.6 Å². The first-order chi connectivity index (χ1) is 15.1. The first kappa shape index (κ1) is 19.5. The molecule has 1 N–H and O–H groups in total. The zero-order chi connectivity index (χ0) is 21.4. The van der Waals surface area contributed by atoms with E-state index in [0.29, 0.717) is 11.7 Å². The fourth-order valence-corrected chi connectivity index (χ4v) is 4.80. The SMILES string of the molecule is CC(=O)N1C=Cc2ccccc2C1CC(=O)Nc1nc(-c2ccc3c(c2)CCO3)cs1. The van der Waals surface area contributed by atoms with Crippen molar-refractivity contribution < 1.29 is 14.3 Å². The van der Waals surface area contributed by atoms with Crippen LogP contribution in [0.4, 0.5) is 5.13 Å². The summed E-state index contributed by atoms with van der Waals surface area (Å²) in [7, 11) is 0. The molecule has 2 aliphatic heterocycles. The molecule has 156 valence electrons. The Kier molecular flexibility index (Phi) is 5.03. The average Bonchev–Trinajstić information content (AvgIpc) is 3.42. The van der Waals surface area contributed by atoms with E-state index in [9.17, 15) is 9.59 Å². The van der Waals surface area contributed by atoms with E-state index in [1.165, 1.54) is 23.8 Å². The number of carbonyl (C=O) groups excluding carboxylic acids is 2. The van der Waals surface area contributed by atoms with Gasteiger partial charge < -0.3 is 15.0 Å². The first-order valence-corrected chi connectivity index (χ1v) is 11.0. The summed E-state index contributed by atoms with van der Waals surface area (Å²) in [6.07, 6.45) is 4.72. The second-order valence-electron chi connectivity index (χ2n) is 7.60. The Hall–Kier alpha value is -3.45. The van der Waals surface area contributed by atoms with Gasteiger partial charge in [-0.15, -0.1) is 11.3 Å². The number of nitrogens with one attached hydrogen (secondary N) is 1. The second kappa shape index (κ2) is 8.00. The fraction of sp³-hybridized carbons (Fsp3) is 0.208. The van der Waals surface area contributed by atoms with Crippen LogP contribution in [0.1, 0.15) is 36.1 Å². The third-order valence-corrected chi connectivity index (χ3v) is 6.34. The first-order valence-electron chi connectivity index (χ1n) is 10.2. The van der Waals surface area contributed by atoms with Gasteiger partial charge in [0.1, 0.15) is 5.75 Å². The van der Waals surface area contributed by atoms with Crippen LogP contribution >= 0.6 is 11.3 Å². The number of anilines is 1. The van der Waals surface area contributed by atoms with Crippen molar-refractivity contribution in [2.45, 2.75) is 25.8 Å². The standard InChI is InChI=1S/C24H21N3O3S/c1-15(28)27-10-8-16-4-2-3-5-19(16)21(27)13-23(29)26-24-25-20(14-31-24)17-6-7-22-18(12-17)9-11-30-22/h2-8,10,12,14,21H,9,11,13H2,1H3,(H,25,26,29). The molecule has 1 atom stereocenters. The molecule has 0 bridgehead atoms. The van der Waals surface area contributed by atoms with E-state index in [4.69, 9.17) is 4.74 Å². The lowest BCUT2D eigenvalue weighted by Crippen LogP contribution is -2.33. The molecule has 0 saturated carbocycles. The number of hydrogen-bond acceptors (Lipinski definition) is 5. The monoisotopic (exact) mass is 431 g/mol. The van der Waals surface area contributed by atoms with Crippen molar-refractivity contribution in [3.8, 4) is 17.0 Å². The highest BCUT2D eigenvalue weighted by atomic mass is 32.1. The molecule has 5 rings (SSSR count). The Bertz CT molecular complexity index is 1200. The summed E-state index contributed by atoms with van der Waals surface area (Å²) in [6.45, 7) is 2.23. The van der Waals surface area contributed by atoms with Gasteiger partial charge >= 0.3 is 0 Å². The Morgan fingerprint density at radius 1 is 1.26 bits per heavy atom. The van der Waals surface area contributed by atoms with Crippen LogP contribution in [0.15, 0.2) is 54.0 Å². The van der Waals surface area contributed by atoms with Crippen LogP contribution in [0.5, 0.6) is 5.75 Å². The normalized spacial score (nSPS) is 16.4. The quantitative estimate of drug-likeness (QED) is 0.653. The van der Waals surface area contributed by atoms with E-state index in [2.05, 4.69) is 16.4 Å². The van der Waals surface area contributed by atoms with Gasteiger partial charge in [-0.1, -0.05) is 24.3 Å². The van der Waals surface area contributed by atoms with Crippen molar-refractivity contribution >= 4 is 34.4 Å². The molecular weight excluding hydrogens is 410 g/mol. The predicted octanol–water partition coefficient (Wildman–Crippen LogP) is 4.65. The number of rotatable bonds is 4. The maximum Gasteiger partial charge on any atom is 0.228 e. The lowest BCUT2D eigenvalue weighted by atomic mass is 9.93. The van der Waals surface area contributed by atoms with Crippen LogP contribution in [0, 0.1) is 0 Å². The van der Waals surface area contributed by atoms with Crippen molar-refractivity contribution in [3.05, 3.63) is 70.7 Å². The fourth-order valence-electron chi connectivity index (χ4n) is 4.07. The molecule has 0 radical (unpaired) electrons. The van der Waals surface area contributed by atoms with E-state index in [1.54, 1.807) is 11.1 Å². The summed E-state index contributed by atoms with van der Waals surface area (Å²) in [4.78, 5) is 31.2. The number of ether oxygens (including phenoxy) is 1. The minimum Gasteiger partial charge on any atom is -0.493 e. The van der Waals surface area contributed by atoms with Crippen molar-refractivity contribution in [3.63, 3.8) is 0 Å². The maximum absolute atomic E-state index is 12.8. The summed E-state index contributed by atoms with van der Waals surface area (Å²) in [6, 6.07) is 13.5. The molecule has 2 aliphatic rings. The molecule has 2 amide bonds. The van der Waals surface area contributed by atoms with Crippen LogP contribution in [0.2, 0.25) is 0 Å². The molecule has 0 fully saturated rings. The van der Waals surface area contributed by atoms with E-state index in [1.807, 2.05) is 47.9 Å². The van der Waals surface area contributed by atoms with Gasteiger partial charge in [-0.3, -0.25) is 9.59 Å². The summed E-state index contributed by atoms with van der Waals surface area (Å²) >= 11 is 1.39. The summed E-state index contributed by atoms with van der Waals surface area (Å²) in [5.41, 5.74) is 5.01. The van der Waals surface area contributed by atoms with Gasteiger partial charge in [-0.25, -0.2) is 4.98 Å². The van der Waals surface area contributed by atoms with Crippen molar-refractivity contribution in [2.75, 3.05) is 11.9 Å². The van der Waals surface area contributed by atoms with Gasteiger partial charge in [-0.05, 0) is 41.0 Å². The van der Waals surface area contributed by atoms with Crippen molar-refractivity contribution in [1.29, 1.82) is 0 Å². The Morgan fingerprint density at radius 3 is 3.00 bits per heavy atom. The Labute approximate surface area is 184 Å². The van der Waals surface area contributed by atoms with Gasteiger partial charge in [-0.2, -0.15) is 0 Å². The zero-order valence-corrected chi connectivity index (χ0v) is 17.8. The highest BCUT2D eigenvalue weighted by molar-refractivity contribution is 7.14. The Balaban J connectivity index is 1.32. The number of amides is 2. The number of aromatic nitrogens is 1. The molecule has 6 nitrogen and oxygen atoms in total. The largest absolute Gasteiger partial charge is 0.493 e. The highest BCUT2D eigenvalue weighted by Gasteiger charge is 2.28. The van der Waals surface area contributed by atoms with Crippen molar-refractivity contribution in [2.24, 2.45) is 0 Å². The van der Waals surface area contributed by atoms with Crippen LogP contribution in [0.25, 0.3) is 17.3 Å². The molecule has 3 aromatic rings. The molecule has 2 aromatic carbocycles. The number of fused-ring (bicyclic) bond motifs is 2. The number of nitrogens with zero attached hydrogens (tertiary/aromatic N) is 2. The van der Waals surface area contributed by atoms with Gasteiger partial charge in [0.05, 0.1) is 24.8 Å². The van der Waals surface area contributed by atoms with Gasteiger partial charge in [0, 0.05) is 30.5 Å². The molecule has 3 heterocycles. The minimum absolute atomic E-state index is 0.0966. The van der Waals surface area contributed by atoms with Crippen LogP contribution < -0.4 is 10.1 Å². The lowest BCUT2D eigenvalue weighted by Gasteiger charge is -2.32. The predicted molar refractivity (Wildman–Crippen MR) is 121 cm³/mol. The van der Waals surface area contributed by atoms with Crippen LogP contribution in [-0.4, -0.2) is 28.3 Å². The van der Waals surface area contributed by atoms with Gasteiger partial charge in [0.25, 0.3) is 0 Å². The van der Waals surface area contributed by atoms with E-state index in [-0.39, 0.29) is 24.3 Å². The Morgan fingerprint density at radius 2 is 2.13 bits per heavy atom. The number of carbonyl (C=O) groups is 2. The van der Waals surface area contributed by atoms with Crippen LogP contribution in [0.3, 0.4) is 0 Å². The summed E-state index contributed by atoms with van der Waals surface area (Å²) < 4.78 is 5.56. The molecule has 0 saturated heterocycles. The zero-order valence-electron chi connectivity index (χ0n) is 17.0. The van der Waals surface area contributed by atoms with Gasteiger partial charge in [0.2, 0.25) is 11.8 Å². The van der Waals surface area contributed by atoms with Gasteiger partial charge in [0.15, 0.2) is 5.13 Å². The average molecular weight is 432 g/mol.